The third-order valence-corrected chi connectivity index (χ3v) is 23.4. The van der Waals surface area contributed by atoms with Crippen LogP contribution in [0.2, 0.25) is 0 Å². The number of aromatic nitrogens is 20. The highest BCUT2D eigenvalue weighted by Gasteiger charge is 2.29. The van der Waals surface area contributed by atoms with Gasteiger partial charge in [-0.1, -0.05) is 104 Å². The summed E-state index contributed by atoms with van der Waals surface area (Å²) in [6.45, 7) is 21.6. The molecule has 1 aliphatic heterocycles. The van der Waals surface area contributed by atoms with Crippen LogP contribution in [0.15, 0.2) is 234 Å². The normalized spacial score (nSPS) is 13.4. The molecule has 0 aliphatic carbocycles. The number of rotatable bonds is 18. The van der Waals surface area contributed by atoms with Gasteiger partial charge in [0.05, 0.1) is 77.0 Å². The first-order chi connectivity index (χ1) is 61.6. The van der Waals surface area contributed by atoms with Crippen LogP contribution in [-0.2, 0) is 0 Å². The molecule has 1 aliphatic rings. The van der Waals surface area contributed by atoms with Crippen molar-refractivity contribution >= 4 is 111 Å². The van der Waals surface area contributed by atoms with Gasteiger partial charge < -0.3 is 50.7 Å². The smallest absolute Gasteiger partial charge is 0.263 e. The molecular weight excluding hydrogens is 1610 g/mol. The van der Waals surface area contributed by atoms with Crippen molar-refractivity contribution in [1.82, 2.24) is 103 Å². The van der Waals surface area contributed by atoms with Gasteiger partial charge in [-0.3, -0.25) is 32.9 Å². The molecule has 127 heavy (non-hydrogen) atoms. The molecule has 19 aromatic rings. The molecule has 1 saturated heterocycles. The van der Waals surface area contributed by atoms with Gasteiger partial charge in [-0.15, -0.1) is 0 Å². The van der Waals surface area contributed by atoms with Gasteiger partial charge in [0.15, 0.2) is 45.9 Å². The molecule has 1 fully saturated rings. The van der Waals surface area contributed by atoms with Gasteiger partial charge in [-0.05, 0) is 229 Å². The van der Waals surface area contributed by atoms with E-state index < -0.39 is 5.82 Å². The van der Waals surface area contributed by atoms with Crippen LogP contribution in [0.4, 0.5) is 32.1 Å². The van der Waals surface area contributed by atoms with Gasteiger partial charge in [0.1, 0.15) is 59.0 Å². The summed E-state index contributed by atoms with van der Waals surface area (Å²) in [5.74, 6) is 1.72. The molecule has 29 nitrogen and oxygen atoms in total. The van der Waals surface area contributed by atoms with Crippen LogP contribution in [0.25, 0.3) is 105 Å². The summed E-state index contributed by atoms with van der Waals surface area (Å²) in [6.07, 6.45) is 15.6. The number of aromatic amines is 4. The number of hydrogen-bond donors (Lipinski definition) is 8. The Morgan fingerprint density at radius 2 is 0.740 bits per heavy atom. The monoisotopic (exact) mass is 1700 g/mol. The van der Waals surface area contributed by atoms with Gasteiger partial charge in [0.25, 0.3) is 22.2 Å². The highest BCUT2D eigenvalue weighted by Crippen LogP contribution is 2.36. The van der Waals surface area contributed by atoms with Crippen molar-refractivity contribution in [2.75, 3.05) is 41.4 Å². The fraction of sp³-hybridized carbons (Fsp3) is 0.229. The second kappa shape index (κ2) is 35.8. The molecule has 12 aromatic heterocycles. The third kappa shape index (κ3) is 16.9. The van der Waals surface area contributed by atoms with E-state index in [0.29, 0.717) is 91.2 Å². The molecular formula is C96H93F2N25O4. The van der Waals surface area contributed by atoms with Crippen molar-refractivity contribution in [3.8, 4) is 17.1 Å². The lowest BCUT2D eigenvalue weighted by molar-refractivity contribution is 0.216. The minimum atomic E-state index is -0.390. The summed E-state index contributed by atoms with van der Waals surface area (Å²) in [6, 6.07) is 50.2. The zero-order valence-corrected chi connectivity index (χ0v) is 71.8. The standard InChI is InChI=1S/C25H23FN6O.C25H24N6O.C24H21FN6O.C22H25N7O/c1-4-19(31-24-22-23(28-12-27-22)29-13-30-24)20-10-16-7-5-6-15(3)21(16)25(33)32(20)18-9-14(2)8-17(26)11-18;1-4-19(30-24-22-23(27-13-26-22)28-14-29-24)20-12-17-7-5-6-16(3)21(17)25(32)31(20)18-10-8-15(2)9-11-18;1-13-7-17(25)10-18(8-13)31-19(9-16-6-4-5-14(2)20(16)24(31)32)15(3)30-23-21-22(27-11-26-21)28-12-29-23;1-14(27-21-19-20(24-12-23-19)25-13-26-21)18-11-15-5-3-4-6-17(15)22(30)29(18)16-7-9-28(2)10-8-16/h5-13,19H,4H2,1-3H3,(H2,27,28,29,30,31);5-14,19H,4H2,1-3H3,(H2,26,27,28,29,30);4-12,15H,1-3H3,(H2,26,27,28,29,30);3-6,11-14,16H,7-10H2,1-2H3,(H2,23,24,25,26,27). The van der Waals surface area contributed by atoms with Crippen molar-refractivity contribution in [2.45, 2.75) is 125 Å². The largest absolute Gasteiger partial charge is 0.360 e. The molecule has 20 rings (SSSR count). The molecule has 0 radical (unpaired) electrons. The first kappa shape index (κ1) is 83.8. The number of fused-ring (bicyclic) bond motifs is 8. The Morgan fingerprint density at radius 1 is 0.378 bits per heavy atom. The predicted octanol–water partition coefficient (Wildman–Crippen LogP) is 17.5. The molecule has 13 heterocycles. The second-order valence-electron chi connectivity index (χ2n) is 32.2. The average Bonchev–Trinajstić information content (AvgIpc) is 1.42. The van der Waals surface area contributed by atoms with Crippen LogP contribution in [-0.4, -0.2) is 123 Å². The Bertz CT molecular complexity index is 7570. The number of H-pyrrole nitrogens is 4. The lowest BCUT2D eigenvalue weighted by atomic mass is 10.0. The minimum absolute atomic E-state index is 0.0194. The van der Waals surface area contributed by atoms with E-state index in [4.69, 9.17) is 0 Å². The first-order valence-corrected chi connectivity index (χ1v) is 42.1. The van der Waals surface area contributed by atoms with Crippen molar-refractivity contribution in [3.05, 3.63) is 324 Å². The van der Waals surface area contributed by atoms with Crippen LogP contribution in [0.3, 0.4) is 0 Å². The van der Waals surface area contributed by atoms with Crippen LogP contribution >= 0.6 is 0 Å². The number of benzene rings is 7. The van der Waals surface area contributed by atoms with E-state index in [1.54, 1.807) is 41.4 Å². The maximum atomic E-state index is 14.4. The second-order valence-corrected chi connectivity index (χ2v) is 32.2. The van der Waals surface area contributed by atoms with E-state index in [-0.39, 0.29) is 58.3 Å². The third-order valence-electron chi connectivity index (χ3n) is 23.4. The predicted molar refractivity (Wildman–Crippen MR) is 495 cm³/mol. The molecule has 8 N–H and O–H groups in total. The van der Waals surface area contributed by atoms with Crippen molar-refractivity contribution in [3.63, 3.8) is 0 Å². The SMILES string of the molecule is CC(Nc1ncnc2nc[nH]c12)c1cc2ccccc2c(=O)n1C1CCN(C)CC1.CCC(Nc1ncnc2nc[nH]c12)c1cc2cccc(C)c2c(=O)n1-c1cc(C)cc(F)c1.CCC(Nc1ncnc2nc[nH]c12)c1cc2cccc(C)c2c(=O)n1-c1ccc(C)cc1.Cc1cc(F)cc(-n2c(C(C)Nc3ncnc4nc[nH]c34)cc3cccc(C)c3c2=O)c1. The van der Waals surface area contributed by atoms with Crippen LogP contribution < -0.4 is 43.5 Å². The van der Waals surface area contributed by atoms with E-state index in [1.807, 2.05) is 185 Å². The number of imidazole rings is 4. The molecule has 7 aromatic carbocycles. The van der Waals surface area contributed by atoms with Crippen molar-refractivity contribution < 1.29 is 8.78 Å². The molecule has 0 amide bonds. The summed E-state index contributed by atoms with van der Waals surface area (Å²) in [5.41, 5.74) is 15.3. The van der Waals surface area contributed by atoms with E-state index in [0.717, 1.165) is 132 Å². The van der Waals surface area contributed by atoms with Crippen LogP contribution in [0, 0.1) is 53.2 Å². The Labute approximate surface area is 726 Å². The molecule has 4 unspecified atom stereocenters. The van der Waals surface area contributed by atoms with Gasteiger partial charge in [0, 0.05) is 39.9 Å². The van der Waals surface area contributed by atoms with Gasteiger partial charge in [-0.2, -0.15) is 0 Å². The quantitative estimate of drug-likeness (QED) is 0.0395. The van der Waals surface area contributed by atoms with Gasteiger partial charge in [-0.25, -0.2) is 68.6 Å². The number of anilines is 4. The number of nitrogens with one attached hydrogen (secondary N) is 8. The molecule has 0 saturated carbocycles. The number of nitrogens with zero attached hydrogens (tertiary/aromatic N) is 17. The molecule has 31 heteroatoms. The fourth-order valence-electron chi connectivity index (χ4n) is 17.1. The molecule has 4 atom stereocenters. The maximum Gasteiger partial charge on any atom is 0.263 e. The Morgan fingerprint density at radius 3 is 1.15 bits per heavy atom. The first-order valence-electron chi connectivity index (χ1n) is 42.1. The number of aryl methyl sites for hydroxylation is 6. The van der Waals surface area contributed by atoms with E-state index in [9.17, 15) is 28.0 Å². The highest BCUT2D eigenvalue weighted by atomic mass is 19.1. The van der Waals surface area contributed by atoms with E-state index >= 15 is 0 Å². The van der Waals surface area contributed by atoms with E-state index in [2.05, 4.69) is 139 Å². The van der Waals surface area contributed by atoms with Crippen molar-refractivity contribution in [2.24, 2.45) is 0 Å². The van der Waals surface area contributed by atoms with Crippen LogP contribution in [0.1, 0.15) is 140 Å². The number of piperidine rings is 1. The number of hydrogen-bond acceptors (Lipinski definition) is 21. The number of pyridine rings is 4. The Hall–Kier alpha value is -15.4. The van der Waals surface area contributed by atoms with Gasteiger partial charge >= 0.3 is 0 Å². The summed E-state index contributed by atoms with van der Waals surface area (Å²) < 4.78 is 35.7. The topological polar surface area (TPSA) is 357 Å². The summed E-state index contributed by atoms with van der Waals surface area (Å²) in [4.78, 5) is 120. The van der Waals surface area contributed by atoms with E-state index in [1.165, 1.54) is 49.6 Å². The van der Waals surface area contributed by atoms with Gasteiger partial charge in [0.2, 0.25) is 0 Å². The maximum absolute atomic E-state index is 14.4. The average molecular weight is 1700 g/mol. The Kier molecular flexibility index (Phi) is 23.6. The number of halogens is 2. The van der Waals surface area contributed by atoms with Crippen LogP contribution in [0.5, 0.6) is 0 Å². The summed E-state index contributed by atoms with van der Waals surface area (Å²) >= 11 is 0. The number of likely N-dealkylation sites (tertiary alicyclic amines) is 1. The molecule has 640 valence electrons. The fourth-order valence-corrected chi connectivity index (χ4v) is 17.1. The zero-order chi connectivity index (χ0) is 88.4. The molecule has 0 spiro atoms. The lowest BCUT2D eigenvalue weighted by Crippen LogP contribution is -2.37. The minimum Gasteiger partial charge on any atom is -0.360 e. The van der Waals surface area contributed by atoms with Crippen molar-refractivity contribution in [1.29, 1.82) is 0 Å². The summed E-state index contributed by atoms with van der Waals surface area (Å²) in [5, 5.41) is 20.1. The molecule has 0 bridgehead atoms. The Balaban J connectivity index is 0.000000119. The highest BCUT2D eigenvalue weighted by molar-refractivity contribution is 5.90. The lowest BCUT2D eigenvalue weighted by Gasteiger charge is -2.33. The zero-order valence-electron chi connectivity index (χ0n) is 71.8. The summed E-state index contributed by atoms with van der Waals surface area (Å²) in [7, 11) is 2.13.